The van der Waals surface area contributed by atoms with Crippen molar-refractivity contribution in [3.8, 4) is 11.5 Å². The number of hydrogen-bond donors (Lipinski definition) is 1. The highest BCUT2D eigenvalue weighted by Crippen LogP contribution is 2.38. The zero-order valence-corrected chi connectivity index (χ0v) is 16.4. The zero-order chi connectivity index (χ0) is 18.8. The van der Waals surface area contributed by atoms with Gasteiger partial charge in [-0.25, -0.2) is 0 Å². The second-order valence-electron chi connectivity index (χ2n) is 5.97. The Kier molecular flexibility index (Phi) is 5.34. The van der Waals surface area contributed by atoms with Crippen molar-refractivity contribution < 1.29 is 14.6 Å². The van der Waals surface area contributed by atoms with Gasteiger partial charge in [0.15, 0.2) is 15.8 Å². The Labute approximate surface area is 162 Å². The van der Waals surface area contributed by atoms with Crippen molar-refractivity contribution >= 4 is 46.0 Å². The van der Waals surface area contributed by atoms with E-state index in [2.05, 4.69) is 0 Å². The van der Waals surface area contributed by atoms with E-state index in [1.54, 1.807) is 29.2 Å². The Balaban J connectivity index is 1.95. The first-order valence-corrected chi connectivity index (χ1v) is 9.44. The van der Waals surface area contributed by atoms with Crippen molar-refractivity contribution in [1.82, 2.24) is 0 Å². The van der Waals surface area contributed by atoms with Crippen LogP contribution in [0.3, 0.4) is 0 Å². The fourth-order valence-electron chi connectivity index (χ4n) is 2.68. The summed E-state index contributed by atoms with van der Waals surface area (Å²) in [6, 6.07) is 11.0. The van der Waals surface area contributed by atoms with E-state index in [1.807, 2.05) is 39.0 Å². The number of phenols is 1. The van der Waals surface area contributed by atoms with Crippen LogP contribution in [0.25, 0.3) is 6.08 Å². The van der Waals surface area contributed by atoms with E-state index in [4.69, 9.17) is 17.0 Å². The molecular weight excluding hydrogens is 366 g/mol. The van der Waals surface area contributed by atoms with Crippen molar-refractivity contribution in [1.29, 1.82) is 0 Å². The number of phenolic OH excluding ortho intramolecular Hbond substituents is 1. The first-order valence-electron chi connectivity index (χ1n) is 8.21. The second-order valence-corrected chi connectivity index (χ2v) is 7.64. The molecule has 6 heteroatoms. The molecule has 26 heavy (non-hydrogen) atoms. The number of ether oxygens (including phenoxy) is 1. The van der Waals surface area contributed by atoms with Gasteiger partial charge < -0.3 is 9.84 Å². The maximum absolute atomic E-state index is 12.9. The minimum Gasteiger partial charge on any atom is -0.504 e. The summed E-state index contributed by atoms with van der Waals surface area (Å²) < 4.78 is 5.91. The van der Waals surface area contributed by atoms with Gasteiger partial charge in [0.05, 0.1) is 17.2 Å². The van der Waals surface area contributed by atoms with Gasteiger partial charge in [0.25, 0.3) is 5.91 Å². The molecule has 1 heterocycles. The van der Waals surface area contributed by atoms with Crippen LogP contribution in [-0.4, -0.2) is 21.9 Å². The lowest BCUT2D eigenvalue weighted by Gasteiger charge is -2.17. The Bertz CT molecular complexity index is 921. The van der Waals surface area contributed by atoms with E-state index in [9.17, 15) is 9.90 Å². The molecule has 1 N–H and O–H groups in total. The molecule has 0 spiro atoms. The molecule has 1 fully saturated rings. The fraction of sp³-hybridized carbons (Fsp3) is 0.200. The number of nitrogens with zero attached hydrogens (tertiary/aromatic N) is 1. The van der Waals surface area contributed by atoms with E-state index in [1.165, 1.54) is 11.8 Å². The van der Waals surface area contributed by atoms with E-state index in [-0.39, 0.29) is 11.7 Å². The fourth-order valence-corrected chi connectivity index (χ4v) is 3.96. The molecule has 134 valence electrons. The molecule has 0 aromatic heterocycles. The van der Waals surface area contributed by atoms with Gasteiger partial charge in [-0.2, -0.15) is 0 Å². The number of benzene rings is 2. The van der Waals surface area contributed by atoms with Gasteiger partial charge in [-0.05, 0) is 61.7 Å². The zero-order valence-electron chi connectivity index (χ0n) is 14.8. The Morgan fingerprint density at radius 3 is 2.73 bits per heavy atom. The topological polar surface area (TPSA) is 49.8 Å². The first-order chi connectivity index (χ1) is 12.4. The molecule has 1 aliphatic rings. The molecular formula is C20H19NO3S2. The van der Waals surface area contributed by atoms with Crippen LogP contribution in [0.2, 0.25) is 0 Å². The van der Waals surface area contributed by atoms with Crippen molar-refractivity contribution in [2.75, 3.05) is 11.5 Å². The number of aromatic hydroxyl groups is 1. The molecule has 3 rings (SSSR count). The molecule has 0 radical (unpaired) electrons. The third-order valence-corrected chi connectivity index (χ3v) is 5.28. The molecule has 0 unspecified atom stereocenters. The molecule has 4 nitrogen and oxygen atoms in total. The predicted molar refractivity (Wildman–Crippen MR) is 111 cm³/mol. The lowest BCUT2D eigenvalue weighted by atomic mass is 10.1. The normalized spacial score (nSPS) is 15.8. The Hall–Kier alpha value is -2.31. The van der Waals surface area contributed by atoms with Crippen LogP contribution in [0.15, 0.2) is 41.3 Å². The second kappa shape index (κ2) is 7.51. The highest BCUT2D eigenvalue weighted by atomic mass is 32.2. The molecule has 0 bridgehead atoms. The number of thiocarbonyl (C=S) groups is 1. The number of thioether (sulfide) groups is 1. The van der Waals surface area contributed by atoms with Crippen LogP contribution in [0, 0.1) is 13.8 Å². The van der Waals surface area contributed by atoms with E-state index in [0.717, 1.165) is 22.4 Å². The summed E-state index contributed by atoms with van der Waals surface area (Å²) in [7, 11) is 0. The van der Waals surface area contributed by atoms with Gasteiger partial charge >= 0.3 is 0 Å². The average molecular weight is 386 g/mol. The van der Waals surface area contributed by atoms with Crippen LogP contribution >= 0.6 is 24.0 Å². The number of hydrogen-bond acceptors (Lipinski definition) is 5. The van der Waals surface area contributed by atoms with Gasteiger partial charge in [0, 0.05) is 0 Å². The summed E-state index contributed by atoms with van der Waals surface area (Å²) in [6.45, 7) is 6.25. The standard InChI is InChI=1S/C20H19NO3S2/c1-4-24-17-10-14(7-8-16(17)22)11-18-19(23)21(20(25)26-18)15-9-12(2)5-6-13(15)3/h5-11,22H,4H2,1-3H3/b18-11-. The number of rotatable bonds is 4. The summed E-state index contributed by atoms with van der Waals surface area (Å²) in [4.78, 5) is 15.1. The highest BCUT2D eigenvalue weighted by molar-refractivity contribution is 8.27. The van der Waals surface area contributed by atoms with Crippen LogP contribution < -0.4 is 9.64 Å². The van der Waals surface area contributed by atoms with Crippen LogP contribution in [0.1, 0.15) is 23.6 Å². The summed E-state index contributed by atoms with van der Waals surface area (Å²) in [5, 5.41) is 9.82. The minimum absolute atomic E-state index is 0.0759. The van der Waals surface area contributed by atoms with Gasteiger partial charge in [-0.1, -0.05) is 42.2 Å². The molecule has 1 saturated heterocycles. The lowest BCUT2D eigenvalue weighted by molar-refractivity contribution is -0.113. The lowest BCUT2D eigenvalue weighted by Crippen LogP contribution is -2.28. The van der Waals surface area contributed by atoms with Gasteiger partial charge in [-0.3, -0.25) is 9.69 Å². The van der Waals surface area contributed by atoms with Crippen molar-refractivity contribution in [2.24, 2.45) is 0 Å². The molecule has 2 aromatic carbocycles. The van der Waals surface area contributed by atoms with Crippen molar-refractivity contribution in [3.63, 3.8) is 0 Å². The Morgan fingerprint density at radius 1 is 1.23 bits per heavy atom. The van der Waals surface area contributed by atoms with Crippen LogP contribution in [0.5, 0.6) is 11.5 Å². The highest BCUT2D eigenvalue weighted by Gasteiger charge is 2.34. The van der Waals surface area contributed by atoms with Crippen molar-refractivity contribution in [3.05, 3.63) is 58.0 Å². The third-order valence-electron chi connectivity index (χ3n) is 3.98. The third kappa shape index (κ3) is 3.61. The monoisotopic (exact) mass is 385 g/mol. The molecule has 0 saturated carbocycles. The Morgan fingerprint density at radius 2 is 2.00 bits per heavy atom. The average Bonchev–Trinajstić information content (AvgIpc) is 2.87. The molecule has 0 atom stereocenters. The van der Waals surface area contributed by atoms with E-state index in [0.29, 0.717) is 21.6 Å². The number of anilines is 1. The van der Waals surface area contributed by atoms with Crippen LogP contribution in [-0.2, 0) is 4.79 Å². The molecule has 2 aromatic rings. The SMILES string of the molecule is CCOc1cc(/C=C2\SC(=S)N(c3cc(C)ccc3C)C2=O)ccc1O. The molecule has 0 aliphatic carbocycles. The number of amides is 1. The number of carbonyl (C=O) groups is 1. The van der Waals surface area contributed by atoms with E-state index < -0.39 is 0 Å². The van der Waals surface area contributed by atoms with Crippen LogP contribution in [0.4, 0.5) is 5.69 Å². The molecule has 1 aliphatic heterocycles. The summed E-state index contributed by atoms with van der Waals surface area (Å²) in [5.74, 6) is 0.331. The summed E-state index contributed by atoms with van der Waals surface area (Å²) in [6.07, 6.45) is 1.77. The largest absolute Gasteiger partial charge is 0.504 e. The quantitative estimate of drug-likeness (QED) is 0.604. The van der Waals surface area contributed by atoms with Gasteiger partial charge in [-0.15, -0.1) is 0 Å². The summed E-state index contributed by atoms with van der Waals surface area (Å²) in [5.41, 5.74) is 3.66. The van der Waals surface area contributed by atoms with E-state index >= 15 is 0 Å². The maximum atomic E-state index is 12.9. The number of aryl methyl sites for hydroxylation is 2. The minimum atomic E-state index is -0.139. The molecule has 1 amide bonds. The number of carbonyl (C=O) groups excluding carboxylic acids is 1. The van der Waals surface area contributed by atoms with Gasteiger partial charge in [0.1, 0.15) is 0 Å². The smallest absolute Gasteiger partial charge is 0.270 e. The predicted octanol–water partition coefficient (Wildman–Crippen LogP) is 4.81. The van der Waals surface area contributed by atoms with Crippen molar-refractivity contribution in [2.45, 2.75) is 20.8 Å². The first kappa shape index (κ1) is 18.5. The maximum Gasteiger partial charge on any atom is 0.270 e. The summed E-state index contributed by atoms with van der Waals surface area (Å²) >= 11 is 6.72. The van der Waals surface area contributed by atoms with Gasteiger partial charge in [0.2, 0.25) is 0 Å².